The van der Waals surface area contributed by atoms with E-state index in [9.17, 15) is 0 Å². The van der Waals surface area contributed by atoms with Crippen molar-refractivity contribution in [2.45, 2.75) is 23.7 Å². The number of anilines is 1. The van der Waals surface area contributed by atoms with Crippen LogP contribution in [0.4, 0.5) is 5.69 Å². The maximum absolute atomic E-state index is 5.65. The first-order valence-electron chi connectivity index (χ1n) is 5.06. The van der Waals surface area contributed by atoms with E-state index in [-0.39, 0.29) is 0 Å². The summed E-state index contributed by atoms with van der Waals surface area (Å²) in [6.45, 7) is 0. The zero-order valence-electron chi connectivity index (χ0n) is 8.29. The van der Waals surface area contributed by atoms with Crippen LogP contribution in [0.2, 0.25) is 0 Å². The van der Waals surface area contributed by atoms with Crippen molar-refractivity contribution in [3.05, 3.63) is 42.0 Å². The molecule has 0 radical (unpaired) electrons. The number of rotatable bonds is 2. The van der Waals surface area contributed by atoms with E-state index in [1.807, 2.05) is 18.2 Å². The van der Waals surface area contributed by atoms with Crippen molar-refractivity contribution in [2.24, 2.45) is 0 Å². The number of benzene rings is 1. The fraction of sp³-hybridized carbons (Fsp3) is 0.333. The van der Waals surface area contributed by atoms with Gasteiger partial charge in [-0.05, 0) is 24.5 Å². The molecule has 0 saturated heterocycles. The minimum Gasteiger partial charge on any atom is -0.379 e. The molecule has 1 atom stereocenters. The summed E-state index contributed by atoms with van der Waals surface area (Å²) >= 11 is 11.3. The lowest BCUT2D eigenvalue weighted by molar-refractivity contribution is 0.730. The molecule has 0 unspecified atom stereocenters. The van der Waals surface area contributed by atoms with Gasteiger partial charge in [-0.25, -0.2) is 0 Å². The number of hydrogen-bond acceptors (Lipinski definition) is 1. The third kappa shape index (κ3) is 2.90. The summed E-state index contributed by atoms with van der Waals surface area (Å²) in [6.07, 6.45) is 6.05. The Labute approximate surface area is 100 Å². The maximum Gasteiger partial charge on any atom is 0.126 e. The van der Waals surface area contributed by atoms with Gasteiger partial charge < -0.3 is 5.32 Å². The Morgan fingerprint density at radius 2 is 2.13 bits per heavy atom. The summed E-state index contributed by atoms with van der Waals surface area (Å²) < 4.78 is 0. The van der Waals surface area contributed by atoms with Crippen molar-refractivity contribution in [3.8, 4) is 0 Å². The molecular formula is C12H13Cl2N. The Hall–Kier alpha value is -0.660. The molecule has 0 aromatic heterocycles. The van der Waals surface area contributed by atoms with Crippen LogP contribution in [0.5, 0.6) is 0 Å². The van der Waals surface area contributed by atoms with Gasteiger partial charge in [0.15, 0.2) is 0 Å². The lowest BCUT2D eigenvalue weighted by Crippen LogP contribution is -2.23. The standard InChI is InChI=1S/C12H13Cl2N/c13-12(14)8-7-10-6-5-9-3-1-2-4-11(9)15-10/h1-4,7-8,10,12,15H,5-6H2/b8-7+/t10-/m0/s1. The van der Waals surface area contributed by atoms with Crippen molar-refractivity contribution in [3.63, 3.8) is 0 Å². The van der Waals surface area contributed by atoms with Crippen molar-refractivity contribution in [2.75, 3.05) is 5.32 Å². The van der Waals surface area contributed by atoms with E-state index in [1.54, 1.807) is 0 Å². The average molecular weight is 242 g/mol. The van der Waals surface area contributed by atoms with Gasteiger partial charge in [0.1, 0.15) is 4.84 Å². The van der Waals surface area contributed by atoms with Gasteiger partial charge in [-0.3, -0.25) is 0 Å². The average Bonchev–Trinajstić information content (AvgIpc) is 2.26. The van der Waals surface area contributed by atoms with Crippen LogP contribution >= 0.6 is 23.2 Å². The summed E-state index contributed by atoms with van der Waals surface area (Å²) in [5.74, 6) is 0. The largest absolute Gasteiger partial charge is 0.379 e. The lowest BCUT2D eigenvalue weighted by atomic mass is 9.98. The van der Waals surface area contributed by atoms with Gasteiger partial charge >= 0.3 is 0 Å². The van der Waals surface area contributed by atoms with E-state index < -0.39 is 4.84 Å². The zero-order valence-corrected chi connectivity index (χ0v) is 9.80. The SMILES string of the molecule is ClC(Cl)/C=C/[C@@H]1CCc2ccccc2N1. The Bertz CT molecular complexity index is 360. The predicted molar refractivity (Wildman–Crippen MR) is 66.8 cm³/mol. The van der Waals surface area contributed by atoms with Gasteiger partial charge in [-0.15, -0.1) is 23.2 Å². The van der Waals surface area contributed by atoms with Crippen LogP contribution in [0.1, 0.15) is 12.0 Å². The van der Waals surface area contributed by atoms with E-state index in [0.29, 0.717) is 6.04 Å². The Kier molecular flexibility index (Phi) is 3.55. The molecule has 0 amide bonds. The van der Waals surface area contributed by atoms with Crippen molar-refractivity contribution >= 4 is 28.9 Å². The monoisotopic (exact) mass is 241 g/mol. The molecular weight excluding hydrogens is 229 g/mol. The van der Waals surface area contributed by atoms with E-state index in [1.165, 1.54) is 11.3 Å². The van der Waals surface area contributed by atoms with Crippen LogP contribution in [0.15, 0.2) is 36.4 Å². The molecule has 1 nitrogen and oxygen atoms in total. The molecule has 1 aromatic rings. The van der Waals surface area contributed by atoms with Crippen LogP contribution in [0.3, 0.4) is 0 Å². The second-order valence-corrected chi connectivity index (χ2v) is 4.83. The van der Waals surface area contributed by atoms with Crippen LogP contribution in [-0.2, 0) is 6.42 Å². The molecule has 80 valence electrons. The van der Waals surface area contributed by atoms with Gasteiger partial charge in [0, 0.05) is 11.7 Å². The first-order chi connectivity index (χ1) is 7.25. The van der Waals surface area contributed by atoms with Crippen LogP contribution in [0, 0.1) is 0 Å². The van der Waals surface area contributed by atoms with Gasteiger partial charge in [-0.2, -0.15) is 0 Å². The fourth-order valence-electron chi connectivity index (χ4n) is 1.82. The molecule has 1 N–H and O–H groups in total. The minimum atomic E-state index is -0.413. The smallest absolute Gasteiger partial charge is 0.126 e. The topological polar surface area (TPSA) is 12.0 Å². The van der Waals surface area contributed by atoms with Gasteiger partial charge in [0.2, 0.25) is 0 Å². The number of halogens is 2. The molecule has 0 spiro atoms. The molecule has 1 heterocycles. The predicted octanol–water partition coefficient (Wildman–Crippen LogP) is 3.77. The van der Waals surface area contributed by atoms with Gasteiger partial charge in [-0.1, -0.05) is 30.4 Å². The van der Waals surface area contributed by atoms with E-state index in [0.717, 1.165) is 12.8 Å². The number of allylic oxidation sites excluding steroid dienone is 1. The maximum atomic E-state index is 5.65. The molecule has 0 aliphatic carbocycles. The Morgan fingerprint density at radius 1 is 1.33 bits per heavy atom. The zero-order chi connectivity index (χ0) is 10.7. The van der Waals surface area contributed by atoms with Crippen molar-refractivity contribution < 1.29 is 0 Å². The number of hydrogen-bond donors (Lipinski definition) is 1. The number of fused-ring (bicyclic) bond motifs is 1. The molecule has 0 bridgehead atoms. The first kappa shape index (κ1) is 10.8. The molecule has 3 heteroatoms. The third-order valence-electron chi connectivity index (χ3n) is 2.57. The highest BCUT2D eigenvalue weighted by Crippen LogP contribution is 2.24. The second-order valence-electron chi connectivity index (χ2n) is 3.67. The van der Waals surface area contributed by atoms with Gasteiger partial charge in [0.25, 0.3) is 0 Å². The number of alkyl halides is 2. The highest BCUT2D eigenvalue weighted by atomic mass is 35.5. The number of para-hydroxylation sites is 1. The normalized spacial score (nSPS) is 20.3. The summed E-state index contributed by atoms with van der Waals surface area (Å²) in [5.41, 5.74) is 2.61. The molecule has 15 heavy (non-hydrogen) atoms. The highest BCUT2D eigenvalue weighted by Gasteiger charge is 2.14. The Balaban J connectivity index is 2.06. The summed E-state index contributed by atoms with van der Waals surface area (Å²) in [5, 5.41) is 3.45. The van der Waals surface area contributed by atoms with Crippen LogP contribution in [-0.4, -0.2) is 10.9 Å². The summed E-state index contributed by atoms with van der Waals surface area (Å²) in [7, 11) is 0. The van der Waals surface area contributed by atoms with E-state index in [2.05, 4.69) is 23.5 Å². The molecule has 2 rings (SSSR count). The van der Waals surface area contributed by atoms with Crippen LogP contribution in [0.25, 0.3) is 0 Å². The fourth-order valence-corrected chi connectivity index (χ4v) is 1.99. The highest BCUT2D eigenvalue weighted by molar-refractivity contribution is 6.45. The molecule has 0 fully saturated rings. The number of nitrogens with one attached hydrogen (secondary N) is 1. The quantitative estimate of drug-likeness (QED) is 0.614. The summed E-state index contributed by atoms with van der Waals surface area (Å²) in [6, 6.07) is 8.73. The lowest BCUT2D eigenvalue weighted by Gasteiger charge is -2.24. The van der Waals surface area contributed by atoms with Crippen molar-refractivity contribution in [1.29, 1.82) is 0 Å². The molecule has 1 aliphatic heterocycles. The van der Waals surface area contributed by atoms with Crippen LogP contribution < -0.4 is 5.32 Å². The second kappa shape index (κ2) is 4.91. The number of aryl methyl sites for hydroxylation is 1. The van der Waals surface area contributed by atoms with Gasteiger partial charge in [0.05, 0.1) is 0 Å². The summed E-state index contributed by atoms with van der Waals surface area (Å²) in [4.78, 5) is -0.413. The van der Waals surface area contributed by atoms with Crippen molar-refractivity contribution in [1.82, 2.24) is 0 Å². The molecule has 1 aromatic carbocycles. The molecule has 1 aliphatic rings. The van der Waals surface area contributed by atoms with E-state index >= 15 is 0 Å². The molecule has 0 saturated carbocycles. The first-order valence-corrected chi connectivity index (χ1v) is 5.94. The third-order valence-corrected chi connectivity index (χ3v) is 2.86. The minimum absolute atomic E-state index is 0.347. The van der Waals surface area contributed by atoms with E-state index in [4.69, 9.17) is 23.2 Å². The Morgan fingerprint density at radius 3 is 2.93 bits per heavy atom.